The summed E-state index contributed by atoms with van der Waals surface area (Å²) < 4.78 is 10.3. The van der Waals surface area contributed by atoms with Crippen molar-refractivity contribution in [3.8, 4) is 5.75 Å². The van der Waals surface area contributed by atoms with E-state index in [1.54, 1.807) is 6.92 Å². The fourth-order valence-electron chi connectivity index (χ4n) is 1.72. The van der Waals surface area contributed by atoms with E-state index in [9.17, 15) is 4.79 Å². The maximum absolute atomic E-state index is 11.2. The van der Waals surface area contributed by atoms with E-state index in [1.165, 1.54) is 6.61 Å². The molecule has 3 heteroatoms. The number of ether oxygens (including phenoxy) is 2. The lowest BCUT2D eigenvalue weighted by atomic mass is 10.1. The minimum absolute atomic E-state index is 0.150. The van der Waals surface area contributed by atoms with Crippen molar-refractivity contribution in [2.45, 2.75) is 13.3 Å². The first-order chi connectivity index (χ1) is 8.81. The minimum atomic E-state index is -0.280. The highest BCUT2D eigenvalue weighted by atomic mass is 16.5. The molecule has 0 saturated carbocycles. The molecule has 0 saturated heterocycles. The molecular formula is C15H15O3. The molecule has 1 radical (unpaired) electrons. The molecule has 0 aromatic heterocycles. The lowest BCUT2D eigenvalue weighted by Crippen LogP contribution is -2.05. The van der Waals surface area contributed by atoms with Crippen molar-refractivity contribution in [1.29, 1.82) is 0 Å². The van der Waals surface area contributed by atoms with Crippen molar-refractivity contribution in [1.82, 2.24) is 0 Å². The minimum Gasteiger partial charge on any atom is -0.485 e. The Morgan fingerprint density at radius 1 is 1.17 bits per heavy atom. The normalized spacial score (nSPS) is 10.3. The van der Waals surface area contributed by atoms with Crippen LogP contribution in [0, 0.1) is 6.61 Å². The quantitative estimate of drug-likeness (QED) is 0.755. The third-order valence-corrected chi connectivity index (χ3v) is 2.52. The molecule has 2 aromatic rings. The molecule has 0 N–H and O–H groups in total. The zero-order valence-electron chi connectivity index (χ0n) is 10.3. The average Bonchev–Trinajstić information content (AvgIpc) is 2.39. The molecule has 0 atom stereocenters. The number of hydrogen-bond acceptors (Lipinski definition) is 3. The average molecular weight is 243 g/mol. The van der Waals surface area contributed by atoms with Gasteiger partial charge in [0.25, 0.3) is 0 Å². The highest BCUT2D eigenvalue weighted by Gasteiger charge is 2.05. The van der Waals surface area contributed by atoms with Gasteiger partial charge in [-0.25, -0.2) is 0 Å². The molecule has 0 aliphatic carbocycles. The maximum atomic E-state index is 11.2. The molecule has 0 heterocycles. The smallest absolute Gasteiger partial charge is 0.309 e. The Bertz CT molecular complexity index is 529. The first-order valence-electron chi connectivity index (χ1n) is 5.93. The van der Waals surface area contributed by atoms with E-state index in [4.69, 9.17) is 9.47 Å². The summed E-state index contributed by atoms with van der Waals surface area (Å²) >= 11 is 0. The number of benzene rings is 2. The molecule has 0 fully saturated rings. The van der Waals surface area contributed by atoms with Gasteiger partial charge in [-0.2, -0.15) is 0 Å². The summed E-state index contributed by atoms with van der Waals surface area (Å²) in [6, 6.07) is 13.8. The molecule has 0 aliphatic heterocycles. The van der Waals surface area contributed by atoms with E-state index in [2.05, 4.69) is 0 Å². The third kappa shape index (κ3) is 3.00. The third-order valence-electron chi connectivity index (χ3n) is 2.52. The van der Waals surface area contributed by atoms with Crippen LogP contribution in [0.3, 0.4) is 0 Å². The van der Waals surface area contributed by atoms with Gasteiger partial charge in [0.05, 0.1) is 13.0 Å². The van der Waals surface area contributed by atoms with Crippen LogP contribution in [0.5, 0.6) is 5.75 Å². The molecule has 0 aliphatic rings. The van der Waals surface area contributed by atoms with Crippen LogP contribution in [0.2, 0.25) is 0 Å². The zero-order valence-corrected chi connectivity index (χ0v) is 10.3. The van der Waals surface area contributed by atoms with Gasteiger partial charge in [0.2, 0.25) is 0 Å². The molecular weight excluding hydrogens is 228 g/mol. The Kier molecular flexibility index (Phi) is 4.18. The number of carbonyl (C=O) groups is 1. The van der Waals surface area contributed by atoms with E-state index < -0.39 is 0 Å². The van der Waals surface area contributed by atoms with Crippen LogP contribution in [0.4, 0.5) is 0 Å². The Morgan fingerprint density at radius 2 is 1.94 bits per heavy atom. The van der Waals surface area contributed by atoms with Crippen LogP contribution in [-0.4, -0.2) is 12.6 Å². The van der Waals surface area contributed by atoms with Crippen LogP contribution in [0.15, 0.2) is 42.5 Å². The first kappa shape index (κ1) is 12.4. The summed E-state index contributed by atoms with van der Waals surface area (Å²) in [5.74, 6) is 0.468. The lowest BCUT2D eigenvalue weighted by molar-refractivity contribution is -0.142. The molecule has 93 valence electrons. The van der Waals surface area contributed by atoms with Crippen molar-refractivity contribution in [3.05, 3.63) is 49.1 Å². The van der Waals surface area contributed by atoms with Gasteiger partial charge in [-0.05, 0) is 18.4 Å². The second-order valence-corrected chi connectivity index (χ2v) is 3.77. The monoisotopic (exact) mass is 243 g/mol. The van der Waals surface area contributed by atoms with Crippen molar-refractivity contribution >= 4 is 16.7 Å². The second kappa shape index (κ2) is 6.05. The van der Waals surface area contributed by atoms with Gasteiger partial charge in [-0.1, -0.05) is 36.4 Å². The Labute approximate surface area is 106 Å². The number of carbonyl (C=O) groups excluding carboxylic acids is 1. The van der Waals surface area contributed by atoms with Crippen LogP contribution < -0.4 is 4.74 Å². The number of fused-ring (bicyclic) bond motifs is 1. The number of hydrogen-bond donors (Lipinski definition) is 0. The van der Waals surface area contributed by atoms with Gasteiger partial charge in [0.15, 0.2) is 0 Å². The summed E-state index contributed by atoms with van der Waals surface area (Å²) in [5.41, 5.74) is 0. The molecule has 0 amide bonds. The summed E-state index contributed by atoms with van der Waals surface area (Å²) in [6.07, 6.45) is 0.150. The highest BCUT2D eigenvalue weighted by Crippen LogP contribution is 2.25. The first-order valence-corrected chi connectivity index (χ1v) is 5.93. The van der Waals surface area contributed by atoms with Crippen LogP contribution in [0.25, 0.3) is 10.8 Å². The van der Waals surface area contributed by atoms with Gasteiger partial charge in [0.1, 0.15) is 12.4 Å². The molecule has 0 bridgehead atoms. The van der Waals surface area contributed by atoms with Crippen molar-refractivity contribution in [2.75, 3.05) is 6.61 Å². The van der Waals surface area contributed by atoms with E-state index in [1.807, 2.05) is 42.5 Å². The second-order valence-electron chi connectivity index (χ2n) is 3.77. The van der Waals surface area contributed by atoms with Crippen molar-refractivity contribution in [3.63, 3.8) is 0 Å². The van der Waals surface area contributed by atoms with Gasteiger partial charge >= 0.3 is 5.97 Å². The predicted molar refractivity (Wildman–Crippen MR) is 70.1 cm³/mol. The maximum Gasteiger partial charge on any atom is 0.309 e. The molecule has 2 aromatic carbocycles. The fourth-order valence-corrected chi connectivity index (χ4v) is 1.72. The number of esters is 1. The van der Waals surface area contributed by atoms with Gasteiger partial charge in [-0.3, -0.25) is 4.79 Å². The van der Waals surface area contributed by atoms with Gasteiger partial charge < -0.3 is 9.47 Å². The topological polar surface area (TPSA) is 35.5 Å². The van der Waals surface area contributed by atoms with Crippen LogP contribution in [-0.2, 0) is 9.53 Å². The van der Waals surface area contributed by atoms with Gasteiger partial charge in [0, 0.05) is 5.39 Å². The van der Waals surface area contributed by atoms with E-state index >= 15 is 0 Å². The number of rotatable bonds is 5. The fraction of sp³-hybridized carbons (Fsp3) is 0.200. The molecule has 0 spiro atoms. The van der Waals surface area contributed by atoms with Crippen LogP contribution >= 0.6 is 0 Å². The van der Waals surface area contributed by atoms with E-state index in [-0.39, 0.29) is 12.4 Å². The summed E-state index contributed by atoms with van der Waals surface area (Å²) in [5, 5.41) is 2.14. The predicted octanol–water partition coefficient (Wildman–Crippen LogP) is 3.33. The largest absolute Gasteiger partial charge is 0.485 e. The Morgan fingerprint density at radius 3 is 2.78 bits per heavy atom. The molecule has 2 rings (SSSR count). The molecule has 0 unspecified atom stereocenters. The summed E-state index contributed by atoms with van der Waals surface area (Å²) in [4.78, 5) is 11.2. The molecule has 18 heavy (non-hydrogen) atoms. The van der Waals surface area contributed by atoms with Crippen LogP contribution in [0.1, 0.15) is 13.3 Å². The van der Waals surface area contributed by atoms with Crippen molar-refractivity contribution in [2.24, 2.45) is 0 Å². The SMILES string of the molecule is CCOC(=O)C[CH]Oc1cccc2ccccc12. The van der Waals surface area contributed by atoms with E-state index in [0.717, 1.165) is 16.5 Å². The summed E-state index contributed by atoms with van der Waals surface area (Å²) in [6.45, 7) is 3.64. The van der Waals surface area contributed by atoms with Crippen molar-refractivity contribution < 1.29 is 14.3 Å². The summed E-state index contributed by atoms with van der Waals surface area (Å²) in [7, 11) is 0. The van der Waals surface area contributed by atoms with E-state index in [0.29, 0.717) is 6.61 Å². The lowest BCUT2D eigenvalue weighted by Gasteiger charge is -2.08. The standard InChI is InChI=1S/C15H15O3/c1-2-17-15(16)10-11-18-14-9-5-7-12-6-3-4-8-13(12)14/h3-9,11H,2,10H2,1H3. The van der Waals surface area contributed by atoms with Gasteiger partial charge in [-0.15, -0.1) is 0 Å². The Balaban J connectivity index is 2.01. The highest BCUT2D eigenvalue weighted by molar-refractivity contribution is 5.88. The molecule has 3 nitrogen and oxygen atoms in total. The Hall–Kier alpha value is -2.03. The zero-order chi connectivity index (χ0) is 12.8.